The summed E-state index contributed by atoms with van der Waals surface area (Å²) in [6.07, 6.45) is 1.83. The SMILES string of the molecule is Cc1cn(-c2ccccc2F)c(NCC(C)C)n1. The molecule has 0 aliphatic carbocycles. The van der Waals surface area contributed by atoms with Crippen LogP contribution in [-0.4, -0.2) is 16.1 Å². The largest absolute Gasteiger partial charge is 0.355 e. The van der Waals surface area contributed by atoms with E-state index in [1.807, 2.05) is 19.2 Å². The highest BCUT2D eigenvalue weighted by Crippen LogP contribution is 2.19. The van der Waals surface area contributed by atoms with Crippen LogP contribution < -0.4 is 5.32 Å². The Morgan fingerprint density at radius 1 is 1.33 bits per heavy atom. The topological polar surface area (TPSA) is 29.9 Å². The Kier molecular flexibility index (Phi) is 3.65. The number of para-hydroxylation sites is 1. The number of hydrogen-bond acceptors (Lipinski definition) is 2. The van der Waals surface area contributed by atoms with Gasteiger partial charge in [-0.25, -0.2) is 9.37 Å². The third-order valence-electron chi connectivity index (χ3n) is 2.61. The third-order valence-corrected chi connectivity index (χ3v) is 2.61. The van der Waals surface area contributed by atoms with E-state index in [-0.39, 0.29) is 5.82 Å². The van der Waals surface area contributed by atoms with Crippen LogP contribution in [-0.2, 0) is 0 Å². The molecule has 0 fully saturated rings. The lowest BCUT2D eigenvalue weighted by atomic mass is 10.2. The van der Waals surface area contributed by atoms with Gasteiger partial charge >= 0.3 is 0 Å². The fraction of sp³-hybridized carbons (Fsp3) is 0.357. The summed E-state index contributed by atoms with van der Waals surface area (Å²) in [5.74, 6) is 0.949. The van der Waals surface area contributed by atoms with E-state index in [1.54, 1.807) is 16.7 Å². The van der Waals surface area contributed by atoms with Crippen molar-refractivity contribution in [2.75, 3.05) is 11.9 Å². The first kappa shape index (κ1) is 12.6. The summed E-state index contributed by atoms with van der Waals surface area (Å²) < 4.78 is 15.5. The summed E-state index contributed by atoms with van der Waals surface area (Å²) in [4.78, 5) is 4.39. The van der Waals surface area contributed by atoms with Crippen molar-refractivity contribution in [2.24, 2.45) is 5.92 Å². The number of halogens is 1. The zero-order valence-electron chi connectivity index (χ0n) is 10.9. The molecule has 0 spiro atoms. The molecule has 1 aromatic heterocycles. The second kappa shape index (κ2) is 5.21. The first-order valence-corrected chi connectivity index (χ1v) is 6.12. The number of anilines is 1. The molecule has 4 heteroatoms. The first-order valence-electron chi connectivity index (χ1n) is 6.12. The Balaban J connectivity index is 2.36. The minimum Gasteiger partial charge on any atom is -0.355 e. The van der Waals surface area contributed by atoms with Gasteiger partial charge in [0.05, 0.1) is 11.4 Å². The highest BCUT2D eigenvalue weighted by atomic mass is 19.1. The van der Waals surface area contributed by atoms with E-state index >= 15 is 0 Å². The third kappa shape index (κ3) is 2.70. The normalized spacial score (nSPS) is 10.9. The van der Waals surface area contributed by atoms with Crippen LogP contribution in [0.4, 0.5) is 10.3 Å². The van der Waals surface area contributed by atoms with Gasteiger partial charge in [-0.1, -0.05) is 26.0 Å². The highest BCUT2D eigenvalue weighted by molar-refractivity contribution is 5.43. The molecular weight excluding hydrogens is 229 g/mol. The van der Waals surface area contributed by atoms with Crippen molar-refractivity contribution < 1.29 is 4.39 Å². The van der Waals surface area contributed by atoms with Crippen molar-refractivity contribution in [1.29, 1.82) is 0 Å². The Hall–Kier alpha value is -1.84. The lowest BCUT2D eigenvalue weighted by Gasteiger charge is -2.11. The minimum atomic E-state index is -0.248. The molecule has 18 heavy (non-hydrogen) atoms. The molecule has 3 nitrogen and oxygen atoms in total. The molecule has 0 aliphatic heterocycles. The summed E-state index contributed by atoms with van der Waals surface area (Å²) in [7, 11) is 0. The van der Waals surface area contributed by atoms with E-state index in [0.717, 1.165) is 12.2 Å². The Labute approximate surface area is 107 Å². The summed E-state index contributed by atoms with van der Waals surface area (Å²) in [6.45, 7) is 6.95. The molecule has 0 radical (unpaired) electrons. The van der Waals surface area contributed by atoms with Crippen molar-refractivity contribution >= 4 is 5.95 Å². The maximum Gasteiger partial charge on any atom is 0.207 e. The molecule has 0 bridgehead atoms. The predicted molar refractivity (Wildman–Crippen MR) is 71.6 cm³/mol. The number of imidazole rings is 1. The fourth-order valence-corrected chi connectivity index (χ4v) is 1.75. The number of benzene rings is 1. The van der Waals surface area contributed by atoms with Gasteiger partial charge in [0, 0.05) is 12.7 Å². The molecule has 0 saturated heterocycles. The van der Waals surface area contributed by atoms with Crippen LogP contribution in [0.25, 0.3) is 5.69 Å². The minimum absolute atomic E-state index is 0.248. The number of hydrogen-bond donors (Lipinski definition) is 1. The smallest absolute Gasteiger partial charge is 0.207 e. The van der Waals surface area contributed by atoms with Gasteiger partial charge in [0.2, 0.25) is 5.95 Å². The van der Waals surface area contributed by atoms with Crippen molar-refractivity contribution in [3.05, 3.63) is 42.0 Å². The van der Waals surface area contributed by atoms with Gasteiger partial charge in [-0.3, -0.25) is 4.57 Å². The number of aryl methyl sites for hydroxylation is 1. The van der Waals surface area contributed by atoms with Crippen molar-refractivity contribution in [1.82, 2.24) is 9.55 Å². The average molecular weight is 247 g/mol. The maximum absolute atomic E-state index is 13.8. The highest BCUT2D eigenvalue weighted by Gasteiger charge is 2.10. The van der Waals surface area contributed by atoms with E-state index in [1.165, 1.54) is 6.07 Å². The second-order valence-corrected chi connectivity index (χ2v) is 4.80. The van der Waals surface area contributed by atoms with Crippen LogP contribution in [0, 0.1) is 18.7 Å². The molecule has 0 amide bonds. The van der Waals surface area contributed by atoms with Gasteiger partial charge < -0.3 is 5.32 Å². The number of aromatic nitrogens is 2. The maximum atomic E-state index is 13.8. The monoisotopic (exact) mass is 247 g/mol. The van der Waals surface area contributed by atoms with E-state index in [2.05, 4.69) is 24.1 Å². The molecule has 0 aliphatic rings. The zero-order chi connectivity index (χ0) is 13.1. The number of rotatable bonds is 4. The first-order chi connectivity index (χ1) is 8.58. The van der Waals surface area contributed by atoms with Crippen LogP contribution in [0.5, 0.6) is 0 Å². The van der Waals surface area contributed by atoms with E-state index in [4.69, 9.17) is 0 Å². The van der Waals surface area contributed by atoms with Gasteiger partial charge in [-0.05, 0) is 25.0 Å². The summed E-state index contributed by atoms with van der Waals surface area (Å²) in [5.41, 5.74) is 1.38. The molecular formula is C14H18FN3. The predicted octanol–water partition coefficient (Wildman–Crippen LogP) is 3.39. The van der Waals surface area contributed by atoms with Crippen molar-refractivity contribution in [3.63, 3.8) is 0 Å². The van der Waals surface area contributed by atoms with E-state index in [9.17, 15) is 4.39 Å². The summed E-state index contributed by atoms with van der Waals surface area (Å²) in [5, 5.41) is 3.24. The molecule has 0 atom stereocenters. The molecule has 0 saturated carbocycles. The van der Waals surface area contributed by atoms with E-state index < -0.39 is 0 Å². The standard InChI is InChI=1S/C14H18FN3/c1-10(2)8-16-14-17-11(3)9-18(14)13-7-5-4-6-12(13)15/h4-7,9-10H,8H2,1-3H3,(H,16,17). The molecule has 96 valence electrons. The van der Waals surface area contributed by atoms with Crippen LogP contribution in [0.3, 0.4) is 0 Å². The Morgan fingerprint density at radius 3 is 2.72 bits per heavy atom. The molecule has 2 rings (SSSR count). The summed E-state index contributed by atoms with van der Waals surface area (Å²) >= 11 is 0. The van der Waals surface area contributed by atoms with Crippen molar-refractivity contribution in [3.8, 4) is 5.69 Å². The van der Waals surface area contributed by atoms with Gasteiger partial charge in [0.25, 0.3) is 0 Å². The molecule has 2 aromatic rings. The molecule has 1 aromatic carbocycles. The van der Waals surface area contributed by atoms with Gasteiger partial charge in [-0.15, -0.1) is 0 Å². The average Bonchev–Trinajstić information content (AvgIpc) is 2.68. The number of nitrogens with one attached hydrogen (secondary N) is 1. The molecule has 1 N–H and O–H groups in total. The van der Waals surface area contributed by atoms with Crippen molar-refractivity contribution in [2.45, 2.75) is 20.8 Å². The van der Waals surface area contributed by atoms with Gasteiger partial charge in [0.1, 0.15) is 5.82 Å². The molecule has 0 unspecified atom stereocenters. The van der Waals surface area contributed by atoms with E-state index in [0.29, 0.717) is 17.6 Å². The van der Waals surface area contributed by atoms with Crippen LogP contribution in [0.2, 0.25) is 0 Å². The fourth-order valence-electron chi connectivity index (χ4n) is 1.75. The lowest BCUT2D eigenvalue weighted by molar-refractivity contribution is 0.617. The van der Waals surface area contributed by atoms with Gasteiger partial charge in [-0.2, -0.15) is 0 Å². The quantitative estimate of drug-likeness (QED) is 0.897. The second-order valence-electron chi connectivity index (χ2n) is 4.80. The van der Waals surface area contributed by atoms with Crippen LogP contribution in [0.1, 0.15) is 19.5 Å². The number of nitrogens with zero attached hydrogens (tertiary/aromatic N) is 2. The Morgan fingerprint density at radius 2 is 2.06 bits per heavy atom. The zero-order valence-corrected chi connectivity index (χ0v) is 10.9. The van der Waals surface area contributed by atoms with Gasteiger partial charge in [0.15, 0.2) is 0 Å². The van der Waals surface area contributed by atoms with Crippen LogP contribution >= 0.6 is 0 Å². The molecule has 1 heterocycles. The van der Waals surface area contributed by atoms with Crippen LogP contribution in [0.15, 0.2) is 30.5 Å². The Bertz CT molecular complexity index is 532. The lowest BCUT2D eigenvalue weighted by Crippen LogP contribution is -2.12. The summed E-state index contributed by atoms with van der Waals surface area (Å²) in [6, 6.07) is 6.71.